The van der Waals surface area contributed by atoms with Gasteiger partial charge in [0.1, 0.15) is 0 Å². The van der Waals surface area contributed by atoms with E-state index in [9.17, 15) is 0 Å². The number of hydrogen-bond acceptors (Lipinski definition) is 6. The minimum absolute atomic E-state index is 0.188. The van der Waals surface area contributed by atoms with E-state index in [1.807, 2.05) is 7.05 Å². The first-order valence-electron chi connectivity index (χ1n) is 7.84. The van der Waals surface area contributed by atoms with Gasteiger partial charge in [0.05, 0.1) is 20.3 Å². The van der Waals surface area contributed by atoms with E-state index in [0.717, 1.165) is 43.3 Å². The Morgan fingerprint density at radius 1 is 1.04 bits per heavy atom. The van der Waals surface area contributed by atoms with Gasteiger partial charge in [-0.1, -0.05) is 0 Å². The zero-order chi connectivity index (χ0) is 16.4. The molecule has 1 aliphatic heterocycles. The Labute approximate surface area is 136 Å². The average molecular weight is 317 g/mol. The number of nitrogens with zero attached hydrogens (tertiary/aromatic N) is 5. The molecule has 2 heterocycles. The van der Waals surface area contributed by atoms with Gasteiger partial charge in [0.25, 0.3) is 0 Å². The van der Waals surface area contributed by atoms with Gasteiger partial charge in [0.15, 0.2) is 17.3 Å². The van der Waals surface area contributed by atoms with Crippen molar-refractivity contribution in [1.82, 2.24) is 25.1 Å². The van der Waals surface area contributed by atoms with Crippen LogP contribution < -0.4 is 9.47 Å². The smallest absolute Gasteiger partial charge is 0.167 e. The lowest BCUT2D eigenvalue weighted by atomic mass is 10.0. The van der Waals surface area contributed by atoms with Crippen LogP contribution in [0.3, 0.4) is 0 Å². The summed E-state index contributed by atoms with van der Waals surface area (Å²) in [6.07, 6.45) is 1.95. The van der Waals surface area contributed by atoms with Crippen molar-refractivity contribution in [2.75, 3.05) is 27.3 Å². The molecular formula is C16H23N5O2. The van der Waals surface area contributed by atoms with Crippen LogP contribution in [0, 0.1) is 0 Å². The summed E-state index contributed by atoms with van der Waals surface area (Å²) in [5.41, 5.74) is 2.65. The quantitative estimate of drug-likeness (QED) is 0.849. The molecule has 0 saturated carbocycles. The third-order valence-electron chi connectivity index (χ3n) is 4.62. The Bertz CT molecular complexity index is 650. The topological polar surface area (TPSA) is 65.3 Å². The molecule has 0 aliphatic carbocycles. The van der Waals surface area contributed by atoms with Gasteiger partial charge in [0.2, 0.25) is 0 Å². The Balaban J connectivity index is 1.81. The van der Waals surface area contributed by atoms with E-state index in [1.54, 1.807) is 18.9 Å². The van der Waals surface area contributed by atoms with E-state index in [2.05, 4.69) is 39.5 Å². The van der Waals surface area contributed by atoms with Crippen molar-refractivity contribution < 1.29 is 9.47 Å². The van der Waals surface area contributed by atoms with Crippen molar-refractivity contribution >= 4 is 0 Å². The van der Waals surface area contributed by atoms with Crippen molar-refractivity contribution in [3.8, 4) is 11.5 Å². The van der Waals surface area contributed by atoms with Crippen molar-refractivity contribution in [3.05, 3.63) is 29.1 Å². The summed E-state index contributed by atoms with van der Waals surface area (Å²) < 4.78 is 12.6. The number of fused-ring (bicyclic) bond motifs is 1. The van der Waals surface area contributed by atoms with Crippen LogP contribution in [-0.2, 0) is 19.9 Å². The third kappa shape index (κ3) is 3.01. The lowest BCUT2D eigenvalue weighted by molar-refractivity contribution is 0.209. The molecule has 124 valence electrons. The van der Waals surface area contributed by atoms with Crippen LogP contribution in [0.25, 0.3) is 0 Å². The standard InChI is InChI=1S/C16H23N5O2/c1-11(16-17-18-19-20(16)2)21-7-5-12-9-14(22-3)15(23-4)10-13(12)6-8-21/h9-11H,5-8H2,1-4H3. The Morgan fingerprint density at radius 3 is 2.04 bits per heavy atom. The zero-order valence-corrected chi connectivity index (χ0v) is 14.1. The monoisotopic (exact) mass is 317 g/mol. The highest BCUT2D eigenvalue weighted by Gasteiger charge is 2.24. The van der Waals surface area contributed by atoms with Crippen LogP contribution in [0.1, 0.15) is 29.9 Å². The molecule has 0 bridgehead atoms. The zero-order valence-electron chi connectivity index (χ0n) is 14.1. The maximum atomic E-state index is 5.42. The van der Waals surface area contributed by atoms with E-state index in [-0.39, 0.29) is 6.04 Å². The second kappa shape index (κ2) is 6.54. The van der Waals surface area contributed by atoms with Crippen molar-refractivity contribution in [1.29, 1.82) is 0 Å². The van der Waals surface area contributed by atoms with Crippen LogP contribution in [0.15, 0.2) is 12.1 Å². The summed E-state index contributed by atoms with van der Waals surface area (Å²) in [5, 5.41) is 11.8. The molecule has 2 aromatic rings. The highest BCUT2D eigenvalue weighted by molar-refractivity contribution is 5.48. The van der Waals surface area contributed by atoms with Crippen molar-refractivity contribution in [2.24, 2.45) is 7.05 Å². The Hall–Kier alpha value is -2.15. The molecule has 0 radical (unpaired) electrons. The molecule has 3 rings (SSSR count). The van der Waals surface area contributed by atoms with Gasteiger partial charge in [-0.05, 0) is 53.5 Å². The highest BCUT2D eigenvalue weighted by atomic mass is 16.5. The number of tetrazole rings is 1. The number of benzene rings is 1. The number of rotatable bonds is 4. The molecule has 1 unspecified atom stereocenters. The van der Waals surface area contributed by atoms with Crippen molar-refractivity contribution in [2.45, 2.75) is 25.8 Å². The van der Waals surface area contributed by atoms with E-state index < -0.39 is 0 Å². The fourth-order valence-electron chi connectivity index (χ4n) is 3.21. The number of aryl methyl sites for hydroxylation is 1. The molecule has 1 atom stereocenters. The van der Waals surface area contributed by atoms with Crippen LogP contribution in [0.2, 0.25) is 0 Å². The summed E-state index contributed by atoms with van der Waals surface area (Å²) in [6.45, 7) is 4.09. The second-order valence-electron chi connectivity index (χ2n) is 5.85. The molecule has 0 amide bonds. The van der Waals surface area contributed by atoms with Crippen LogP contribution >= 0.6 is 0 Å². The first-order valence-corrected chi connectivity index (χ1v) is 7.84. The van der Waals surface area contributed by atoms with Crippen LogP contribution in [-0.4, -0.2) is 52.4 Å². The van der Waals surface area contributed by atoms with Gasteiger partial charge in [-0.15, -0.1) is 5.10 Å². The molecule has 0 spiro atoms. The number of methoxy groups -OCH3 is 2. The molecule has 1 aromatic heterocycles. The summed E-state index contributed by atoms with van der Waals surface area (Å²) in [6, 6.07) is 4.39. The third-order valence-corrected chi connectivity index (χ3v) is 4.62. The molecule has 7 heteroatoms. The summed E-state index contributed by atoms with van der Waals surface area (Å²) in [4.78, 5) is 2.42. The Morgan fingerprint density at radius 2 is 1.61 bits per heavy atom. The number of aromatic nitrogens is 4. The van der Waals surface area contributed by atoms with Gasteiger partial charge in [-0.3, -0.25) is 4.90 Å². The normalized spacial score (nSPS) is 16.5. The van der Waals surface area contributed by atoms with Crippen LogP contribution in [0.4, 0.5) is 0 Å². The van der Waals surface area contributed by atoms with Gasteiger partial charge >= 0.3 is 0 Å². The Kier molecular flexibility index (Phi) is 4.47. The lowest BCUT2D eigenvalue weighted by Crippen LogP contribution is -2.31. The lowest BCUT2D eigenvalue weighted by Gasteiger charge is -2.26. The molecular weight excluding hydrogens is 294 g/mol. The average Bonchev–Trinajstić information content (AvgIpc) is 2.89. The maximum absolute atomic E-state index is 5.42. The number of hydrogen-bond donors (Lipinski definition) is 0. The molecule has 7 nitrogen and oxygen atoms in total. The predicted molar refractivity (Wildman–Crippen MR) is 85.7 cm³/mol. The summed E-state index contributed by atoms with van der Waals surface area (Å²) in [5.74, 6) is 2.49. The molecule has 23 heavy (non-hydrogen) atoms. The van der Waals surface area contributed by atoms with Gasteiger partial charge in [-0.25, -0.2) is 4.68 Å². The first-order chi connectivity index (χ1) is 11.1. The van der Waals surface area contributed by atoms with Crippen LogP contribution in [0.5, 0.6) is 11.5 Å². The van der Waals surface area contributed by atoms with Gasteiger partial charge < -0.3 is 9.47 Å². The fourth-order valence-corrected chi connectivity index (χ4v) is 3.21. The maximum Gasteiger partial charge on any atom is 0.167 e. The van der Waals surface area contributed by atoms with Crippen molar-refractivity contribution in [3.63, 3.8) is 0 Å². The first kappa shape index (κ1) is 15.7. The molecule has 0 N–H and O–H groups in total. The minimum atomic E-state index is 0.188. The molecule has 0 fully saturated rings. The SMILES string of the molecule is COc1cc2c(cc1OC)CCN(C(C)c1nnnn1C)CC2. The predicted octanol–water partition coefficient (Wildman–Crippen LogP) is 1.39. The number of ether oxygens (including phenoxy) is 2. The summed E-state index contributed by atoms with van der Waals surface area (Å²) in [7, 11) is 5.24. The fraction of sp³-hybridized carbons (Fsp3) is 0.562. The van der Waals surface area contributed by atoms with E-state index in [0.29, 0.717) is 0 Å². The van der Waals surface area contributed by atoms with E-state index >= 15 is 0 Å². The molecule has 1 aromatic carbocycles. The van der Waals surface area contributed by atoms with Gasteiger partial charge in [-0.2, -0.15) is 0 Å². The molecule has 1 aliphatic rings. The highest BCUT2D eigenvalue weighted by Crippen LogP contribution is 2.33. The van der Waals surface area contributed by atoms with E-state index in [1.165, 1.54) is 11.1 Å². The second-order valence-corrected chi connectivity index (χ2v) is 5.85. The van der Waals surface area contributed by atoms with E-state index in [4.69, 9.17) is 9.47 Å². The molecule has 0 saturated heterocycles. The largest absolute Gasteiger partial charge is 0.493 e. The summed E-state index contributed by atoms with van der Waals surface area (Å²) >= 11 is 0. The van der Waals surface area contributed by atoms with Gasteiger partial charge in [0, 0.05) is 20.1 Å². The minimum Gasteiger partial charge on any atom is -0.493 e.